The molecule has 1 aliphatic heterocycles. The molecule has 1 heterocycles. The molecule has 0 aliphatic carbocycles. The predicted octanol–water partition coefficient (Wildman–Crippen LogP) is 1.88. The Hall–Kier alpha value is -4.91. The van der Waals surface area contributed by atoms with Crippen LogP contribution in [-0.2, 0) is 23.9 Å². The van der Waals surface area contributed by atoms with Crippen LogP contribution in [-0.4, -0.2) is 75.1 Å². The monoisotopic (exact) mass is 609 g/mol. The molecule has 0 saturated carbocycles. The smallest absolute Gasteiger partial charge is 0.354 e. The van der Waals surface area contributed by atoms with Crippen LogP contribution in [0.1, 0.15) is 54.6 Å². The fraction of sp³-hybridized carbons (Fsp3) is 0.387. The lowest BCUT2D eigenvalue weighted by molar-refractivity contribution is -0.143. The predicted molar refractivity (Wildman–Crippen MR) is 162 cm³/mol. The van der Waals surface area contributed by atoms with Gasteiger partial charge in [0, 0.05) is 23.6 Å². The topological polar surface area (TPSA) is 191 Å². The first-order chi connectivity index (χ1) is 21.1. The van der Waals surface area contributed by atoms with Crippen molar-refractivity contribution in [1.82, 2.24) is 16.0 Å². The van der Waals surface area contributed by atoms with Crippen molar-refractivity contribution in [2.45, 2.75) is 45.3 Å². The molecule has 0 radical (unpaired) electrons. The summed E-state index contributed by atoms with van der Waals surface area (Å²) in [6.45, 7) is 4.69. The van der Waals surface area contributed by atoms with Crippen LogP contribution in [0.4, 0.5) is 0 Å². The summed E-state index contributed by atoms with van der Waals surface area (Å²) in [6.07, 6.45) is 3.08. The Labute approximate surface area is 256 Å². The van der Waals surface area contributed by atoms with E-state index in [1.165, 1.54) is 26.2 Å². The Morgan fingerprint density at radius 1 is 1.09 bits per heavy atom. The van der Waals surface area contributed by atoms with Crippen molar-refractivity contribution >= 4 is 35.7 Å². The molecule has 0 bridgehead atoms. The second-order valence-electron chi connectivity index (χ2n) is 9.98. The number of rotatable bonds is 14. The van der Waals surface area contributed by atoms with Gasteiger partial charge in [0.1, 0.15) is 35.7 Å². The first kappa shape index (κ1) is 33.6. The number of nitrogens with one attached hydrogen (secondary N) is 4. The van der Waals surface area contributed by atoms with E-state index in [1.807, 2.05) is 0 Å². The molecule has 2 aromatic carbocycles. The van der Waals surface area contributed by atoms with Crippen LogP contribution < -0.4 is 31.2 Å². The van der Waals surface area contributed by atoms with E-state index in [0.717, 1.165) is 25.9 Å². The highest BCUT2D eigenvalue weighted by Crippen LogP contribution is 2.24. The van der Waals surface area contributed by atoms with E-state index in [4.69, 9.17) is 30.1 Å². The van der Waals surface area contributed by atoms with Crippen LogP contribution in [0, 0.1) is 5.41 Å². The summed E-state index contributed by atoms with van der Waals surface area (Å²) in [4.78, 5) is 49.5. The van der Waals surface area contributed by atoms with Crippen molar-refractivity contribution < 1.29 is 38.1 Å². The Kier molecular flexibility index (Phi) is 12.7. The summed E-state index contributed by atoms with van der Waals surface area (Å²) in [5.41, 5.74) is 6.55. The maximum Gasteiger partial charge on any atom is 0.354 e. The molecule has 0 unspecified atom stereocenters. The Morgan fingerprint density at radius 3 is 2.39 bits per heavy atom. The number of nitrogen functional groups attached to an aromatic ring is 1. The van der Waals surface area contributed by atoms with Crippen molar-refractivity contribution in [3.8, 4) is 11.5 Å². The summed E-state index contributed by atoms with van der Waals surface area (Å²) in [5.74, 6) is -1.65. The molecule has 1 atom stereocenters. The molecule has 0 spiro atoms. The molecule has 13 nitrogen and oxygen atoms in total. The van der Waals surface area contributed by atoms with Gasteiger partial charge in [-0.25, -0.2) is 4.79 Å². The fourth-order valence-corrected chi connectivity index (χ4v) is 4.37. The van der Waals surface area contributed by atoms with Gasteiger partial charge >= 0.3 is 11.9 Å². The number of benzene rings is 2. The number of ether oxygens (including phenoxy) is 4. The van der Waals surface area contributed by atoms with E-state index in [2.05, 4.69) is 16.0 Å². The van der Waals surface area contributed by atoms with Gasteiger partial charge in [0.05, 0.1) is 26.2 Å². The summed E-state index contributed by atoms with van der Waals surface area (Å²) in [6, 6.07) is 10.5. The number of carbonyl (C=O) groups is 4. The minimum Gasteiger partial charge on any atom is -0.491 e. The summed E-state index contributed by atoms with van der Waals surface area (Å²) >= 11 is 0. The SMILES string of the molecule is CCOC(=O)C[C@H](COc1cc(C(=N)N)ccc1C=C(NC(C)=O)C(=O)OC)NC(=O)c1ccc(OC2CCNCC2)cc1. The molecule has 236 valence electrons. The third-order valence-electron chi connectivity index (χ3n) is 6.54. The van der Waals surface area contributed by atoms with Crippen LogP contribution in [0.15, 0.2) is 48.2 Å². The van der Waals surface area contributed by atoms with Gasteiger partial charge < -0.3 is 40.6 Å². The van der Waals surface area contributed by atoms with Gasteiger partial charge in [-0.05, 0) is 69.3 Å². The van der Waals surface area contributed by atoms with Gasteiger partial charge in [0.15, 0.2) is 0 Å². The van der Waals surface area contributed by atoms with E-state index in [-0.39, 0.29) is 43.0 Å². The normalized spacial score (nSPS) is 14.1. The first-order valence-corrected chi connectivity index (χ1v) is 14.2. The van der Waals surface area contributed by atoms with Crippen molar-refractivity contribution in [2.75, 3.05) is 33.4 Å². The molecule has 1 fully saturated rings. The van der Waals surface area contributed by atoms with Crippen LogP contribution in [0.25, 0.3) is 6.08 Å². The zero-order valence-corrected chi connectivity index (χ0v) is 25.1. The Bertz CT molecular complexity index is 1370. The van der Waals surface area contributed by atoms with E-state index in [9.17, 15) is 19.2 Å². The number of amidine groups is 1. The maximum atomic E-state index is 13.2. The van der Waals surface area contributed by atoms with Gasteiger partial charge in [0.2, 0.25) is 5.91 Å². The number of piperidine rings is 1. The van der Waals surface area contributed by atoms with Crippen LogP contribution >= 0.6 is 0 Å². The zero-order valence-electron chi connectivity index (χ0n) is 25.1. The van der Waals surface area contributed by atoms with E-state index < -0.39 is 29.8 Å². The van der Waals surface area contributed by atoms with Crippen molar-refractivity contribution in [3.63, 3.8) is 0 Å². The van der Waals surface area contributed by atoms with E-state index in [1.54, 1.807) is 43.3 Å². The lowest BCUT2D eigenvalue weighted by atomic mass is 10.1. The lowest BCUT2D eigenvalue weighted by Crippen LogP contribution is -2.41. The number of amides is 2. The minimum atomic E-state index is -0.819. The summed E-state index contributed by atoms with van der Waals surface area (Å²) in [7, 11) is 1.17. The van der Waals surface area contributed by atoms with Crippen LogP contribution in [0.2, 0.25) is 0 Å². The molecule has 1 saturated heterocycles. The molecule has 6 N–H and O–H groups in total. The number of nitrogens with two attached hydrogens (primary N) is 1. The molecule has 0 aromatic heterocycles. The molecular formula is C31H39N5O8. The third-order valence-corrected chi connectivity index (χ3v) is 6.54. The lowest BCUT2D eigenvalue weighted by Gasteiger charge is -2.24. The van der Waals surface area contributed by atoms with Crippen molar-refractivity contribution in [1.29, 1.82) is 5.41 Å². The quantitative estimate of drug-likeness (QED) is 0.0915. The van der Waals surface area contributed by atoms with Crippen molar-refractivity contribution in [3.05, 3.63) is 64.9 Å². The molecule has 2 aromatic rings. The summed E-state index contributed by atoms with van der Waals surface area (Å²) in [5, 5.41) is 16.3. The van der Waals surface area contributed by atoms with Crippen molar-refractivity contribution in [2.24, 2.45) is 5.73 Å². The van der Waals surface area contributed by atoms with Crippen LogP contribution in [0.3, 0.4) is 0 Å². The van der Waals surface area contributed by atoms with Gasteiger partial charge in [-0.3, -0.25) is 19.8 Å². The highest BCUT2D eigenvalue weighted by molar-refractivity contribution is 5.99. The van der Waals surface area contributed by atoms with Gasteiger partial charge in [-0.15, -0.1) is 0 Å². The van der Waals surface area contributed by atoms with Gasteiger partial charge in [-0.2, -0.15) is 0 Å². The Balaban J connectivity index is 1.81. The van der Waals surface area contributed by atoms with Crippen LogP contribution in [0.5, 0.6) is 11.5 Å². The number of esters is 2. The molecule has 2 amide bonds. The average Bonchev–Trinajstić information content (AvgIpc) is 3.00. The number of hydrogen-bond acceptors (Lipinski definition) is 10. The summed E-state index contributed by atoms with van der Waals surface area (Å²) < 4.78 is 21.9. The molecule has 13 heteroatoms. The molecule has 44 heavy (non-hydrogen) atoms. The van der Waals surface area contributed by atoms with E-state index >= 15 is 0 Å². The highest BCUT2D eigenvalue weighted by atomic mass is 16.5. The highest BCUT2D eigenvalue weighted by Gasteiger charge is 2.21. The van der Waals surface area contributed by atoms with Gasteiger partial charge in [-0.1, -0.05) is 12.1 Å². The third kappa shape index (κ3) is 10.4. The maximum absolute atomic E-state index is 13.2. The molecule has 3 rings (SSSR count). The zero-order chi connectivity index (χ0) is 32.1. The standard InChI is InChI=1S/C31H39N5O8/c1-4-42-28(38)17-23(36-30(39)20-7-9-24(10-8-20)44-25-11-13-34-14-12-25)18-43-27-16-22(29(32)33)6-5-21(27)15-26(31(40)41-3)35-19(2)37/h5-10,15-16,23,25,34H,4,11-14,17-18H2,1-3H3,(H3,32,33)(H,35,37)(H,36,39)/t23-/m1/s1. The minimum absolute atomic E-state index is 0.116. The Morgan fingerprint density at radius 2 is 1.77 bits per heavy atom. The second-order valence-corrected chi connectivity index (χ2v) is 9.98. The first-order valence-electron chi connectivity index (χ1n) is 14.2. The molecule has 1 aliphatic rings. The average molecular weight is 610 g/mol. The van der Waals surface area contributed by atoms with Gasteiger partial charge in [0.25, 0.3) is 5.91 Å². The number of methoxy groups -OCH3 is 1. The molecular weight excluding hydrogens is 570 g/mol. The number of carbonyl (C=O) groups excluding carboxylic acids is 4. The number of hydrogen-bond donors (Lipinski definition) is 5. The largest absolute Gasteiger partial charge is 0.491 e. The van der Waals surface area contributed by atoms with E-state index in [0.29, 0.717) is 22.4 Å². The fourth-order valence-electron chi connectivity index (χ4n) is 4.37. The second kappa shape index (κ2) is 16.7.